The van der Waals surface area contributed by atoms with E-state index >= 15 is 0 Å². The van der Waals surface area contributed by atoms with E-state index in [1.807, 2.05) is 0 Å². The highest BCUT2D eigenvalue weighted by Crippen LogP contribution is 2.21. The van der Waals surface area contributed by atoms with Gasteiger partial charge in [0.05, 0.1) is 30.4 Å². The number of rotatable bonds is 2. The lowest BCUT2D eigenvalue weighted by molar-refractivity contribution is -0.0258. The van der Waals surface area contributed by atoms with Crippen LogP contribution in [0.15, 0.2) is 58.1 Å². The van der Waals surface area contributed by atoms with Gasteiger partial charge in [0.15, 0.2) is 11.2 Å². The van der Waals surface area contributed by atoms with Gasteiger partial charge in [0.25, 0.3) is 5.91 Å². The van der Waals surface area contributed by atoms with Crippen LogP contribution in [-0.2, 0) is 4.74 Å². The van der Waals surface area contributed by atoms with E-state index in [4.69, 9.17) is 9.15 Å². The van der Waals surface area contributed by atoms with Gasteiger partial charge in [-0.05, 0) is 12.1 Å². The smallest absolute Gasteiger partial charge is 0.289 e. The fourth-order valence-electron chi connectivity index (χ4n) is 2.85. The van der Waals surface area contributed by atoms with E-state index in [1.54, 1.807) is 47.8 Å². The third kappa shape index (κ3) is 3.01. The van der Waals surface area contributed by atoms with E-state index in [9.17, 15) is 9.59 Å². The zero-order valence-corrected chi connectivity index (χ0v) is 13.3. The first kappa shape index (κ1) is 15.5. The van der Waals surface area contributed by atoms with Crippen molar-refractivity contribution >= 4 is 16.9 Å². The monoisotopic (exact) mass is 337 g/mol. The Hall–Kier alpha value is -3.06. The van der Waals surface area contributed by atoms with E-state index in [-0.39, 0.29) is 23.2 Å². The zero-order chi connectivity index (χ0) is 17.2. The SMILES string of the molecule is O=C(c1cc(=O)c2ccccc2o1)N1CCO[C@H](c2cnccn2)C1. The van der Waals surface area contributed by atoms with Gasteiger partial charge in [-0.3, -0.25) is 19.6 Å². The summed E-state index contributed by atoms with van der Waals surface area (Å²) in [6.45, 7) is 1.13. The Kier molecular flexibility index (Phi) is 3.99. The van der Waals surface area contributed by atoms with Gasteiger partial charge in [-0.15, -0.1) is 0 Å². The highest BCUT2D eigenvalue weighted by atomic mass is 16.5. The number of amides is 1. The molecule has 1 aliphatic heterocycles. The number of carbonyl (C=O) groups excluding carboxylic acids is 1. The fraction of sp³-hybridized carbons (Fsp3) is 0.222. The summed E-state index contributed by atoms with van der Waals surface area (Å²) in [7, 11) is 0. The molecule has 25 heavy (non-hydrogen) atoms. The summed E-state index contributed by atoms with van der Waals surface area (Å²) in [6, 6.07) is 8.12. The van der Waals surface area contributed by atoms with Crippen LogP contribution in [0.3, 0.4) is 0 Å². The Morgan fingerprint density at radius 2 is 2.12 bits per heavy atom. The molecule has 126 valence electrons. The standard InChI is InChI=1S/C18H15N3O4/c22-14-9-16(25-15-4-2-1-3-12(14)15)18(23)21-7-8-24-17(11-21)13-10-19-5-6-20-13/h1-6,9-10,17H,7-8,11H2/t17-/m0/s1. The average molecular weight is 337 g/mol. The summed E-state index contributed by atoms with van der Waals surface area (Å²) in [5, 5.41) is 0.457. The summed E-state index contributed by atoms with van der Waals surface area (Å²) in [5.41, 5.74) is 0.834. The van der Waals surface area contributed by atoms with Crippen LogP contribution < -0.4 is 5.43 Å². The molecule has 0 aliphatic carbocycles. The van der Waals surface area contributed by atoms with Gasteiger partial charge in [-0.25, -0.2) is 0 Å². The van der Waals surface area contributed by atoms with Crippen LogP contribution in [0.5, 0.6) is 0 Å². The molecule has 1 aromatic carbocycles. The number of fused-ring (bicyclic) bond motifs is 1. The van der Waals surface area contributed by atoms with Crippen LogP contribution in [0, 0.1) is 0 Å². The number of hydrogen-bond donors (Lipinski definition) is 0. The van der Waals surface area contributed by atoms with Crippen molar-refractivity contribution in [3.63, 3.8) is 0 Å². The van der Waals surface area contributed by atoms with Crippen molar-refractivity contribution in [3.05, 3.63) is 70.6 Å². The lowest BCUT2D eigenvalue weighted by atomic mass is 10.2. The minimum absolute atomic E-state index is 0.0310. The summed E-state index contributed by atoms with van der Waals surface area (Å²) in [6.07, 6.45) is 4.44. The van der Waals surface area contributed by atoms with E-state index in [0.717, 1.165) is 0 Å². The summed E-state index contributed by atoms with van der Waals surface area (Å²) in [4.78, 5) is 34.8. The molecule has 0 saturated carbocycles. The summed E-state index contributed by atoms with van der Waals surface area (Å²) >= 11 is 0. The molecule has 4 rings (SSSR count). The van der Waals surface area contributed by atoms with Crippen molar-refractivity contribution in [1.82, 2.24) is 14.9 Å². The van der Waals surface area contributed by atoms with Crippen LogP contribution in [0.25, 0.3) is 11.0 Å². The van der Waals surface area contributed by atoms with Gasteiger partial charge in [-0.2, -0.15) is 0 Å². The van der Waals surface area contributed by atoms with Gasteiger partial charge < -0.3 is 14.1 Å². The summed E-state index contributed by atoms with van der Waals surface area (Å²) in [5.74, 6) is -0.302. The molecule has 0 N–H and O–H groups in total. The van der Waals surface area contributed by atoms with Crippen LogP contribution in [-0.4, -0.2) is 40.5 Å². The topological polar surface area (TPSA) is 85.5 Å². The normalized spacial score (nSPS) is 17.6. The minimum Gasteiger partial charge on any atom is -0.451 e. The Bertz CT molecular complexity index is 971. The lowest BCUT2D eigenvalue weighted by Crippen LogP contribution is -2.42. The second-order valence-corrected chi connectivity index (χ2v) is 5.71. The molecular formula is C18H15N3O4. The van der Waals surface area contributed by atoms with Crippen molar-refractivity contribution in [2.45, 2.75) is 6.10 Å². The zero-order valence-electron chi connectivity index (χ0n) is 13.3. The van der Waals surface area contributed by atoms with Gasteiger partial charge in [0.1, 0.15) is 11.7 Å². The Labute approximate surface area is 142 Å². The molecule has 3 aromatic rings. The predicted octanol–water partition coefficient (Wildman–Crippen LogP) is 1.80. The van der Waals surface area contributed by atoms with Gasteiger partial charge in [0.2, 0.25) is 0 Å². The minimum atomic E-state index is -0.349. The number of ether oxygens (including phenoxy) is 1. The molecule has 2 aromatic heterocycles. The number of morpholine rings is 1. The first-order chi connectivity index (χ1) is 12.2. The van der Waals surface area contributed by atoms with E-state index in [0.29, 0.717) is 36.4 Å². The number of hydrogen-bond acceptors (Lipinski definition) is 6. The largest absolute Gasteiger partial charge is 0.451 e. The average Bonchev–Trinajstić information content (AvgIpc) is 2.68. The third-order valence-electron chi connectivity index (χ3n) is 4.11. The molecule has 3 heterocycles. The molecule has 0 spiro atoms. The Morgan fingerprint density at radius 1 is 1.24 bits per heavy atom. The molecule has 0 bridgehead atoms. The van der Waals surface area contributed by atoms with E-state index in [2.05, 4.69) is 9.97 Å². The first-order valence-corrected chi connectivity index (χ1v) is 7.92. The lowest BCUT2D eigenvalue weighted by Gasteiger charge is -2.32. The quantitative estimate of drug-likeness (QED) is 0.709. The van der Waals surface area contributed by atoms with Crippen LogP contribution in [0.2, 0.25) is 0 Å². The van der Waals surface area contributed by atoms with Crippen molar-refractivity contribution in [2.24, 2.45) is 0 Å². The molecule has 0 unspecified atom stereocenters. The maximum Gasteiger partial charge on any atom is 0.289 e. The van der Waals surface area contributed by atoms with Gasteiger partial charge in [0, 0.05) is 25.0 Å². The number of nitrogens with zero attached hydrogens (tertiary/aromatic N) is 3. The van der Waals surface area contributed by atoms with Gasteiger partial charge in [-0.1, -0.05) is 12.1 Å². The van der Waals surface area contributed by atoms with Crippen molar-refractivity contribution in [1.29, 1.82) is 0 Å². The van der Waals surface area contributed by atoms with Crippen molar-refractivity contribution in [3.8, 4) is 0 Å². The number of benzene rings is 1. The van der Waals surface area contributed by atoms with E-state index in [1.165, 1.54) is 6.07 Å². The first-order valence-electron chi connectivity index (χ1n) is 7.92. The second kappa shape index (κ2) is 6.45. The third-order valence-corrected chi connectivity index (χ3v) is 4.11. The predicted molar refractivity (Wildman–Crippen MR) is 89.1 cm³/mol. The highest BCUT2D eigenvalue weighted by Gasteiger charge is 2.28. The van der Waals surface area contributed by atoms with Crippen LogP contribution >= 0.6 is 0 Å². The van der Waals surface area contributed by atoms with Crippen LogP contribution in [0.1, 0.15) is 22.4 Å². The molecular weight excluding hydrogens is 322 g/mol. The maximum atomic E-state index is 12.8. The molecule has 7 heteroatoms. The Balaban J connectivity index is 1.61. The summed E-state index contributed by atoms with van der Waals surface area (Å²) < 4.78 is 11.3. The second-order valence-electron chi connectivity index (χ2n) is 5.71. The molecule has 1 saturated heterocycles. The maximum absolute atomic E-state index is 12.8. The fourth-order valence-corrected chi connectivity index (χ4v) is 2.85. The number of carbonyl (C=O) groups is 1. The Morgan fingerprint density at radius 3 is 2.96 bits per heavy atom. The molecule has 1 aliphatic rings. The highest BCUT2D eigenvalue weighted by molar-refractivity contribution is 5.93. The molecule has 1 fully saturated rings. The molecule has 1 amide bonds. The van der Waals surface area contributed by atoms with Gasteiger partial charge >= 0.3 is 0 Å². The molecule has 7 nitrogen and oxygen atoms in total. The van der Waals surface area contributed by atoms with Crippen LogP contribution in [0.4, 0.5) is 0 Å². The van der Waals surface area contributed by atoms with Crippen molar-refractivity contribution < 1.29 is 13.9 Å². The van der Waals surface area contributed by atoms with Crippen molar-refractivity contribution in [2.75, 3.05) is 19.7 Å². The molecule has 0 radical (unpaired) electrons. The molecule has 1 atom stereocenters. The number of para-hydroxylation sites is 1. The number of aromatic nitrogens is 2. The van der Waals surface area contributed by atoms with E-state index < -0.39 is 0 Å².